The smallest absolute Gasteiger partial charge is 0.285 e. The first-order valence-corrected chi connectivity index (χ1v) is 14.2. The number of hydrazine groups is 1. The first-order chi connectivity index (χ1) is 19.3. The normalized spacial score (nSPS) is 14.2. The molecule has 1 aliphatic rings. The third-order valence-electron chi connectivity index (χ3n) is 6.20. The van der Waals surface area contributed by atoms with Crippen molar-refractivity contribution in [2.24, 2.45) is 0 Å². The number of thioether (sulfide) groups is 1. The highest BCUT2D eigenvalue weighted by molar-refractivity contribution is 8.26. The molecule has 0 spiro atoms. The van der Waals surface area contributed by atoms with E-state index in [0.717, 1.165) is 44.2 Å². The average molecular weight is 589 g/mol. The van der Waals surface area contributed by atoms with Crippen LogP contribution in [0.25, 0.3) is 16.8 Å². The molecule has 1 fully saturated rings. The number of nitrogens with zero attached hydrogens (tertiary/aromatic N) is 1. The van der Waals surface area contributed by atoms with Crippen molar-refractivity contribution in [1.82, 2.24) is 10.4 Å². The minimum Gasteiger partial charge on any atom is -0.490 e. The minimum absolute atomic E-state index is 0.216. The highest BCUT2D eigenvalue weighted by Crippen LogP contribution is 2.35. The van der Waals surface area contributed by atoms with E-state index < -0.39 is 11.8 Å². The second kappa shape index (κ2) is 12.1. The summed E-state index contributed by atoms with van der Waals surface area (Å²) in [5, 5.41) is 3.65. The van der Waals surface area contributed by atoms with Crippen molar-refractivity contribution in [2.45, 2.75) is 20.5 Å². The summed E-state index contributed by atoms with van der Waals surface area (Å²) < 4.78 is 12.2. The maximum atomic E-state index is 13.1. The zero-order valence-corrected chi connectivity index (χ0v) is 24.2. The van der Waals surface area contributed by atoms with Gasteiger partial charge in [0.15, 0.2) is 15.8 Å². The van der Waals surface area contributed by atoms with Gasteiger partial charge in [-0.05, 0) is 83.9 Å². The SMILES string of the molecule is CCOc1cc(/C=C2/SC(=S)N(NC(=O)c3ccc(C)cc3Cl)C2=O)ccc1OCc1cccc2ccccc12. The Balaban J connectivity index is 1.32. The van der Waals surface area contributed by atoms with Gasteiger partial charge in [-0.2, -0.15) is 5.01 Å². The molecule has 0 unspecified atom stereocenters. The predicted molar refractivity (Wildman–Crippen MR) is 165 cm³/mol. The topological polar surface area (TPSA) is 67.9 Å². The number of carbonyl (C=O) groups is 2. The van der Waals surface area contributed by atoms with Crippen LogP contribution in [0.2, 0.25) is 5.02 Å². The number of aryl methyl sites for hydroxylation is 1. The molecule has 1 N–H and O–H groups in total. The number of hydrogen-bond donors (Lipinski definition) is 1. The average Bonchev–Trinajstić information content (AvgIpc) is 3.20. The molecule has 1 saturated heterocycles. The van der Waals surface area contributed by atoms with Crippen molar-refractivity contribution in [2.75, 3.05) is 6.61 Å². The Morgan fingerprint density at radius 1 is 1.02 bits per heavy atom. The fourth-order valence-electron chi connectivity index (χ4n) is 4.26. The molecule has 40 heavy (non-hydrogen) atoms. The van der Waals surface area contributed by atoms with Gasteiger partial charge in [-0.1, -0.05) is 78.0 Å². The summed E-state index contributed by atoms with van der Waals surface area (Å²) in [6.45, 7) is 4.60. The van der Waals surface area contributed by atoms with Gasteiger partial charge in [0.1, 0.15) is 6.61 Å². The molecule has 2 amide bonds. The molecule has 0 aromatic heterocycles. The van der Waals surface area contributed by atoms with Crippen LogP contribution < -0.4 is 14.9 Å². The van der Waals surface area contributed by atoms with Gasteiger partial charge in [0.25, 0.3) is 11.8 Å². The zero-order valence-electron chi connectivity index (χ0n) is 21.8. The van der Waals surface area contributed by atoms with E-state index in [2.05, 4.69) is 23.6 Å². The lowest BCUT2D eigenvalue weighted by atomic mass is 10.1. The second-order valence-corrected chi connectivity index (χ2v) is 11.1. The number of benzene rings is 4. The largest absolute Gasteiger partial charge is 0.490 e. The summed E-state index contributed by atoms with van der Waals surface area (Å²) in [6, 6.07) is 24.9. The predicted octanol–water partition coefficient (Wildman–Crippen LogP) is 7.33. The summed E-state index contributed by atoms with van der Waals surface area (Å²) >= 11 is 12.7. The summed E-state index contributed by atoms with van der Waals surface area (Å²) in [6.07, 6.45) is 1.71. The third-order valence-corrected chi connectivity index (χ3v) is 7.82. The number of nitrogens with one attached hydrogen (secondary N) is 1. The van der Waals surface area contributed by atoms with Crippen molar-refractivity contribution < 1.29 is 19.1 Å². The Bertz CT molecular complexity index is 1670. The molecular formula is C31H25ClN2O4S2. The van der Waals surface area contributed by atoms with E-state index in [1.807, 2.05) is 56.3 Å². The van der Waals surface area contributed by atoms with E-state index in [1.54, 1.807) is 24.3 Å². The molecule has 4 aromatic rings. The highest BCUT2D eigenvalue weighted by Gasteiger charge is 2.34. The summed E-state index contributed by atoms with van der Waals surface area (Å²) in [7, 11) is 0. The lowest BCUT2D eigenvalue weighted by Gasteiger charge is -2.16. The van der Waals surface area contributed by atoms with Gasteiger partial charge in [0, 0.05) is 0 Å². The van der Waals surface area contributed by atoms with Crippen LogP contribution in [0.3, 0.4) is 0 Å². The highest BCUT2D eigenvalue weighted by atomic mass is 35.5. The molecule has 0 bridgehead atoms. The van der Waals surface area contributed by atoms with Gasteiger partial charge in [-0.3, -0.25) is 15.0 Å². The van der Waals surface area contributed by atoms with Gasteiger partial charge < -0.3 is 9.47 Å². The molecule has 1 aliphatic heterocycles. The number of fused-ring (bicyclic) bond motifs is 1. The molecule has 5 rings (SSSR count). The van der Waals surface area contributed by atoms with E-state index in [9.17, 15) is 9.59 Å². The number of hydrogen-bond acceptors (Lipinski definition) is 6. The molecule has 1 heterocycles. The first kappa shape index (κ1) is 27.7. The quantitative estimate of drug-likeness (QED) is 0.172. The molecule has 9 heteroatoms. The molecular weight excluding hydrogens is 564 g/mol. The molecule has 0 atom stereocenters. The monoisotopic (exact) mass is 588 g/mol. The maximum Gasteiger partial charge on any atom is 0.285 e. The van der Waals surface area contributed by atoms with Crippen molar-refractivity contribution in [3.63, 3.8) is 0 Å². The number of halogens is 1. The molecule has 6 nitrogen and oxygen atoms in total. The van der Waals surface area contributed by atoms with Crippen LogP contribution in [-0.4, -0.2) is 27.8 Å². The van der Waals surface area contributed by atoms with Gasteiger partial charge in [0.2, 0.25) is 0 Å². The third kappa shape index (κ3) is 5.99. The number of thiocarbonyl (C=S) groups is 1. The van der Waals surface area contributed by atoms with Gasteiger partial charge >= 0.3 is 0 Å². The molecule has 0 aliphatic carbocycles. The minimum atomic E-state index is -0.520. The Labute approximate surface area is 246 Å². The fraction of sp³-hybridized carbons (Fsp3) is 0.129. The number of ether oxygens (including phenoxy) is 2. The lowest BCUT2D eigenvalue weighted by Crippen LogP contribution is -2.44. The Kier molecular flexibility index (Phi) is 8.40. The molecule has 202 valence electrons. The van der Waals surface area contributed by atoms with E-state index in [0.29, 0.717) is 34.6 Å². The van der Waals surface area contributed by atoms with Crippen LogP contribution in [0.5, 0.6) is 11.5 Å². The summed E-state index contributed by atoms with van der Waals surface area (Å²) in [4.78, 5) is 26.3. The van der Waals surface area contributed by atoms with Crippen LogP contribution in [0.1, 0.15) is 34.0 Å². The van der Waals surface area contributed by atoms with Crippen molar-refractivity contribution in [3.05, 3.63) is 111 Å². The number of carbonyl (C=O) groups excluding carboxylic acids is 2. The van der Waals surface area contributed by atoms with Crippen molar-refractivity contribution in [1.29, 1.82) is 0 Å². The van der Waals surface area contributed by atoms with Crippen molar-refractivity contribution >= 4 is 68.6 Å². The van der Waals surface area contributed by atoms with Crippen LogP contribution in [0.4, 0.5) is 0 Å². The first-order valence-electron chi connectivity index (χ1n) is 12.6. The zero-order chi connectivity index (χ0) is 28.2. The van der Waals surface area contributed by atoms with Crippen molar-refractivity contribution in [3.8, 4) is 11.5 Å². The maximum absolute atomic E-state index is 13.1. The van der Waals surface area contributed by atoms with E-state index in [1.165, 1.54) is 0 Å². The van der Waals surface area contributed by atoms with E-state index in [-0.39, 0.29) is 9.88 Å². The summed E-state index contributed by atoms with van der Waals surface area (Å²) in [5.41, 5.74) is 5.55. The molecule has 0 saturated carbocycles. The van der Waals surface area contributed by atoms with Gasteiger partial charge in [-0.15, -0.1) is 0 Å². The van der Waals surface area contributed by atoms with Crippen LogP contribution in [0, 0.1) is 6.92 Å². The van der Waals surface area contributed by atoms with E-state index in [4.69, 9.17) is 33.3 Å². The van der Waals surface area contributed by atoms with Crippen LogP contribution in [-0.2, 0) is 11.4 Å². The van der Waals surface area contributed by atoms with Gasteiger partial charge in [-0.25, -0.2) is 0 Å². The lowest BCUT2D eigenvalue weighted by molar-refractivity contribution is -0.123. The second-order valence-electron chi connectivity index (χ2n) is 9.01. The van der Waals surface area contributed by atoms with E-state index >= 15 is 0 Å². The number of rotatable bonds is 8. The van der Waals surface area contributed by atoms with Gasteiger partial charge in [0.05, 0.1) is 22.1 Å². The molecule has 4 aromatic carbocycles. The number of amides is 2. The fourth-order valence-corrected chi connectivity index (χ4v) is 5.76. The Morgan fingerprint density at radius 3 is 2.62 bits per heavy atom. The molecule has 0 radical (unpaired) electrons. The Morgan fingerprint density at radius 2 is 1.82 bits per heavy atom. The summed E-state index contributed by atoms with van der Waals surface area (Å²) in [5.74, 6) is 0.214. The van der Waals surface area contributed by atoms with Crippen LogP contribution in [0.15, 0.2) is 83.8 Å². The van der Waals surface area contributed by atoms with Crippen LogP contribution >= 0.6 is 35.6 Å². The standard InChI is InChI=1S/C31H25ClN2O4S2/c1-3-37-27-16-20(12-14-26(27)38-18-22-9-6-8-21-7-4-5-10-23(21)22)17-28-30(36)34(31(39)40-28)33-29(35)24-13-11-19(2)15-25(24)32/h4-17H,3,18H2,1-2H3,(H,33,35)/b28-17+. The Hall–Kier alpha value is -3.85.